The Hall–Kier alpha value is -3.18. The Balaban J connectivity index is 1.81. The van der Waals surface area contributed by atoms with E-state index in [4.69, 9.17) is 16.1 Å². The molecule has 0 aliphatic rings. The lowest BCUT2D eigenvalue weighted by Crippen LogP contribution is -2.13. The molecule has 2 aromatic heterocycles. The summed E-state index contributed by atoms with van der Waals surface area (Å²) in [6.45, 7) is 1.77. The lowest BCUT2D eigenvalue weighted by atomic mass is 10.0. The van der Waals surface area contributed by atoms with Gasteiger partial charge in [-0.05, 0) is 31.2 Å². The average molecular weight is 364 g/mol. The topological polar surface area (TPSA) is 68.0 Å². The minimum atomic E-state index is -0.271. The first-order valence-corrected chi connectivity index (χ1v) is 8.38. The first-order chi connectivity index (χ1) is 12.6. The van der Waals surface area contributed by atoms with Crippen LogP contribution >= 0.6 is 11.6 Å². The average Bonchev–Trinajstić information content (AvgIpc) is 3.06. The van der Waals surface area contributed by atoms with E-state index in [1.165, 1.54) is 0 Å². The highest BCUT2D eigenvalue weighted by atomic mass is 35.5. The molecule has 2 heterocycles. The van der Waals surface area contributed by atoms with Gasteiger partial charge in [-0.2, -0.15) is 0 Å². The molecule has 26 heavy (non-hydrogen) atoms. The first kappa shape index (κ1) is 16.3. The molecule has 0 bridgehead atoms. The number of hydrogen-bond acceptors (Lipinski definition) is 4. The summed E-state index contributed by atoms with van der Waals surface area (Å²) in [7, 11) is 0. The van der Waals surface area contributed by atoms with Gasteiger partial charge in [-0.3, -0.25) is 4.79 Å². The Kier molecular flexibility index (Phi) is 4.14. The molecule has 0 radical (unpaired) electrons. The summed E-state index contributed by atoms with van der Waals surface area (Å²) >= 11 is 5.97. The number of nitrogens with zero attached hydrogens (tertiary/aromatic N) is 2. The molecule has 6 heteroatoms. The van der Waals surface area contributed by atoms with Crippen molar-refractivity contribution < 1.29 is 9.32 Å². The second-order valence-electron chi connectivity index (χ2n) is 5.86. The standard InChI is InChI=1S/C20H14ClN3O2/c1-12-10-19(24-26-12)23-20(25)16-11-18(13-6-8-14(21)9-7-13)22-17-5-3-2-4-15(16)17/h2-11H,1H3,(H,23,24,25). The van der Waals surface area contributed by atoms with Crippen molar-refractivity contribution in [3.63, 3.8) is 0 Å². The van der Waals surface area contributed by atoms with Gasteiger partial charge >= 0.3 is 0 Å². The number of para-hydroxylation sites is 1. The van der Waals surface area contributed by atoms with Gasteiger partial charge < -0.3 is 9.84 Å². The fourth-order valence-corrected chi connectivity index (χ4v) is 2.87. The SMILES string of the molecule is Cc1cc(NC(=O)c2cc(-c3ccc(Cl)cc3)nc3ccccc23)no1. The third-order valence-electron chi connectivity index (χ3n) is 3.97. The number of benzene rings is 2. The van der Waals surface area contributed by atoms with E-state index in [2.05, 4.69) is 15.5 Å². The summed E-state index contributed by atoms with van der Waals surface area (Å²) in [5.74, 6) is 0.732. The molecule has 0 saturated heterocycles. The van der Waals surface area contributed by atoms with Crippen LogP contribution in [0.25, 0.3) is 22.2 Å². The van der Waals surface area contributed by atoms with Crippen molar-refractivity contribution in [3.8, 4) is 11.3 Å². The van der Waals surface area contributed by atoms with Crippen LogP contribution in [0, 0.1) is 6.92 Å². The highest BCUT2D eigenvalue weighted by Crippen LogP contribution is 2.26. The van der Waals surface area contributed by atoms with Crippen molar-refractivity contribution in [3.05, 3.63) is 77.0 Å². The van der Waals surface area contributed by atoms with E-state index in [1.54, 1.807) is 31.2 Å². The number of aryl methyl sites for hydroxylation is 1. The Morgan fingerprint density at radius 2 is 1.85 bits per heavy atom. The lowest BCUT2D eigenvalue weighted by molar-refractivity contribution is 0.102. The molecule has 1 N–H and O–H groups in total. The highest BCUT2D eigenvalue weighted by Gasteiger charge is 2.15. The molecule has 5 nitrogen and oxygen atoms in total. The quantitative estimate of drug-likeness (QED) is 0.549. The van der Waals surface area contributed by atoms with Gasteiger partial charge in [0, 0.05) is 22.0 Å². The molecule has 4 rings (SSSR count). The number of halogens is 1. The maximum atomic E-state index is 12.8. The van der Waals surface area contributed by atoms with Crippen molar-refractivity contribution in [2.75, 3.05) is 5.32 Å². The van der Waals surface area contributed by atoms with Crippen LogP contribution in [-0.4, -0.2) is 16.0 Å². The molecule has 4 aromatic rings. The number of pyridine rings is 1. The van der Waals surface area contributed by atoms with Gasteiger partial charge in [0.05, 0.1) is 16.8 Å². The number of amides is 1. The normalized spacial score (nSPS) is 10.8. The second-order valence-corrected chi connectivity index (χ2v) is 6.29. The van der Waals surface area contributed by atoms with Crippen molar-refractivity contribution in [2.24, 2.45) is 0 Å². The number of carbonyl (C=O) groups excluding carboxylic acids is 1. The highest BCUT2D eigenvalue weighted by molar-refractivity contribution is 6.30. The predicted octanol–water partition coefficient (Wildman–Crippen LogP) is 5.10. The van der Waals surface area contributed by atoms with Crippen molar-refractivity contribution in [1.29, 1.82) is 0 Å². The van der Waals surface area contributed by atoms with Gasteiger partial charge in [-0.1, -0.05) is 47.1 Å². The number of anilines is 1. The van der Waals surface area contributed by atoms with E-state index in [0.29, 0.717) is 27.9 Å². The van der Waals surface area contributed by atoms with Crippen molar-refractivity contribution >= 4 is 34.2 Å². The molecule has 128 valence electrons. The van der Waals surface area contributed by atoms with E-state index in [9.17, 15) is 4.79 Å². The van der Waals surface area contributed by atoms with E-state index >= 15 is 0 Å². The summed E-state index contributed by atoms with van der Waals surface area (Å²) in [5.41, 5.74) is 2.83. The summed E-state index contributed by atoms with van der Waals surface area (Å²) < 4.78 is 5.00. The summed E-state index contributed by atoms with van der Waals surface area (Å²) in [6.07, 6.45) is 0. The second kappa shape index (κ2) is 6.61. The predicted molar refractivity (Wildman–Crippen MR) is 101 cm³/mol. The maximum Gasteiger partial charge on any atom is 0.257 e. The molecular formula is C20H14ClN3O2. The lowest BCUT2D eigenvalue weighted by Gasteiger charge is -2.09. The van der Waals surface area contributed by atoms with Crippen LogP contribution in [0.4, 0.5) is 5.82 Å². The van der Waals surface area contributed by atoms with Crippen LogP contribution in [-0.2, 0) is 0 Å². The monoisotopic (exact) mass is 363 g/mol. The molecule has 0 atom stereocenters. The van der Waals surface area contributed by atoms with Gasteiger partial charge in [0.2, 0.25) is 0 Å². The van der Waals surface area contributed by atoms with Gasteiger partial charge in [-0.15, -0.1) is 0 Å². The summed E-state index contributed by atoms with van der Waals surface area (Å²) in [6, 6.07) is 18.3. The number of carbonyl (C=O) groups is 1. The van der Waals surface area contributed by atoms with E-state index < -0.39 is 0 Å². The fraction of sp³-hybridized carbons (Fsp3) is 0.0500. The molecular weight excluding hydrogens is 350 g/mol. The largest absolute Gasteiger partial charge is 0.360 e. The van der Waals surface area contributed by atoms with Gasteiger partial charge in [0.25, 0.3) is 5.91 Å². The third kappa shape index (κ3) is 3.17. The minimum Gasteiger partial charge on any atom is -0.360 e. The van der Waals surface area contributed by atoms with Gasteiger partial charge in [-0.25, -0.2) is 4.98 Å². The zero-order valence-electron chi connectivity index (χ0n) is 13.9. The molecule has 0 spiro atoms. The molecule has 0 aliphatic heterocycles. The Bertz CT molecular complexity index is 1100. The van der Waals surface area contributed by atoms with Crippen LogP contribution in [0.3, 0.4) is 0 Å². The molecule has 2 aromatic carbocycles. The number of hydrogen-bond donors (Lipinski definition) is 1. The summed E-state index contributed by atoms with van der Waals surface area (Å²) in [5, 5.41) is 7.99. The van der Waals surface area contributed by atoms with Crippen molar-refractivity contribution in [1.82, 2.24) is 10.1 Å². The first-order valence-electron chi connectivity index (χ1n) is 8.00. The third-order valence-corrected chi connectivity index (χ3v) is 4.22. The van der Waals surface area contributed by atoms with Crippen molar-refractivity contribution in [2.45, 2.75) is 6.92 Å². The van der Waals surface area contributed by atoms with Crippen LogP contribution in [0.2, 0.25) is 5.02 Å². The molecule has 0 unspecified atom stereocenters. The van der Waals surface area contributed by atoms with Crippen LogP contribution in [0.15, 0.2) is 65.2 Å². The number of nitrogens with one attached hydrogen (secondary N) is 1. The number of fused-ring (bicyclic) bond motifs is 1. The molecule has 0 saturated carbocycles. The fourth-order valence-electron chi connectivity index (χ4n) is 2.74. The van der Waals surface area contributed by atoms with Gasteiger partial charge in [0.15, 0.2) is 5.82 Å². The minimum absolute atomic E-state index is 0.271. The molecule has 1 amide bonds. The van der Waals surface area contributed by atoms with E-state index in [0.717, 1.165) is 16.5 Å². The van der Waals surface area contributed by atoms with Crippen LogP contribution in [0.1, 0.15) is 16.1 Å². The Labute approximate surface area is 154 Å². The maximum absolute atomic E-state index is 12.8. The smallest absolute Gasteiger partial charge is 0.257 e. The van der Waals surface area contributed by atoms with Crippen LogP contribution in [0.5, 0.6) is 0 Å². The number of aromatic nitrogens is 2. The summed E-state index contributed by atoms with van der Waals surface area (Å²) in [4.78, 5) is 17.5. The molecule has 0 fully saturated rings. The van der Waals surface area contributed by atoms with Crippen LogP contribution < -0.4 is 5.32 Å². The number of rotatable bonds is 3. The molecule has 0 aliphatic carbocycles. The Morgan fingerprint density at radius 3 is 2.58 bits per heavy atom. The van der Waals surface area contributed by atoms with E-state index in [1.807, 2.05) is 36.4 Å². The van der Waals surface area contributed by atoms with Gasteiger partial charge in [0.1, 0.15) is 5.76 Å². The Morgan fingerprint density at radius 1 is 1.08 bits per heavy atom. The zero-order valence-corrected chi connectivity index (χ0v) is 14.6. The van der Waals surface area contributed by atoms with E-state index in [-0.39, 0.29) is 5.91 Å². The zero-order chi connectivity index (χ0) is 18.1.